The summed E-state index contributed by atoms with van der Waals surface area (Å²) >= 11 is 0. The lowest BCUT2D eigenvalue weighted by atomic mass is 10.1. The first kappa shape index (κ1) is 14.6. The Bertz CT molecular complexity index is 709. The number of nitrogens with two attached hydrogens (primary N) is 1. The van der Waals surface area contributed by atoms with E-state index in [1.54, 1.807) is 11.0 Å². The quantitative estimate of drug-likeness (QED) is 0.784. The molecule has 0 saturated carbocycles. The van der Waals surface area contributed by atoms with Crippen LogP contribution in [0.1, 0.15) is 23.7 Å². The van der Waals surface area contributed by atoms with Crippen molar-refractivity contribution in [1.82, 2.24) is 15.2 Å². The number of H-pyrrole nitrogens is 1. The second-order valence-corrected chi connectivity index (χ2v) is 5.64. The number of rotatable bonds is 3. The summed E-state index contributed by atoms with van der Waals surface area (Å²) in [6.07, 6.45) is 2.34. The summed E-state index contributed by atoms with van der Waals surface area (Å²) in [6.45, 7) is 2.81. The molecule has 2 heterocycles. The van der Waals surface area contributed by atoms with Gasteiger partial charge in [0, 0.05) is 36.4 Å². The van der Waals surface area contributed by atoms with E-state index in [1.807, 2.05) is 31.3 Å². The summed E-state index contributed by atoms with van der Waals surface area (Å²) in [5.41, 5.74) is 7.43. The van der Waals surface area contributed by atoms with E-state index < -0.39 is 6.04 Å². The van der Waals surface area contributed by atoms with Crippen molar-refractivity contribution in [2.45, 2.75) is 25.4 Å². The Kier molecular flexibility index (Phi) is 3.85. The van der Waals surface area contributed by atoms with E-state index in [0.29, 0.717) is 25.1 Å². The zero-order valence-electron chi connectivity index (χ0n) is 12.5. The average molecular weight is 300 g/mol. The number of carbonyl (C=O) groups excluding carboxylic acids is 2. The SMILES string of the molecule is CCNC(=O)[C@@H]1C[C@H](N)CN1C(=O)c1ccc2cc[nH]c2c1. The maximum absolute atomic E-state index is 12.8. The Morgan fingerprint density at radius 1 is 1.41 bits per heavy atom. The molecule has 2 amide bonds. The molecule has 1 aromatic carbocycles. The molecule has 6 heteroatoms. The third-order valence-electron chi connectivity index (χ3n) is 4.05. The van der Waals surface area contributed by atoms with Gasteiger partial charge in [0.1, 0.15) is 6.04 Å². The first-order valence-electron chi connectivity index (χ1n) is 7.51. The minimum absolute atomic E-state index is 0.134. The van der Waals surface area contributed by atoms with Crippen LogP contribution in [0.3, 0.4) is 0 Å². The first-order valence-corrected chi connectivity index (χ1v) is 7.51. The number of carbonyl (C=O) groups is 2. The molecular formula is C16H20N4O2. The van der Waals surface area contributed by atoms with Crippen molar-refractivity contribution in [2.24, 2.45) is 5.73 Å². The molecule has 2 aromatic rings. The molecule has 1 aromatic heterocycles. The lowest BCUT2D eigenvalue weighted by Gasteiger charge is -2.23. The van der Waals surface area contributed by atoms with Crippen molar-refractivity contribution >= 4 is 22.7 Å². The number of aromatic amines is 1. The Balaban J connectivity index is 1.86. The number of likely N-dealkylation sites (tertiary alicyclic amines) is 1. The molecule has 1 aliphatic rings. The van der Waals surface area contributed by atoms with Gasteiger partial charge in [0.2, 0.25) is 5.91 Å². The standard InChI is InChI=1S/C16H20N4O2/c1-2-18-15(21)14-8-12(17)9-20(14)16(22)11-4-3-10-5-6-19-13(10)7-11/h3-7,12,14,19H,2,8-9,17H2,1H3,(H,18,21)/t12-,14-/m0/s1. The summed E-state index contributed by atoms with van der Waals surface area (Å²) in [6, 6.07) is 6.81. The number of hydrogen-bond donors (Lipinski definition) is 3. The number of fused-ring (bicyclic) bond motifs is 1. The number of benzene rings is 1. The highest BCUT2D eigenvalue weighted by Crippen LogP contribution is 2.22. The second-order valence-electron chi connectivity index (χ2n) is 5.64. The van der Waals surface area contributed by atoms with Gasteiger partial charge in [-0.25, -0.2) is 0 Å². The number of nitrogens with one attached hydrogen (secondary N) is 2. The Hall–Kier alpha value is -2.34. The van der Waals surface area contributed by atoms with E-state index >= 15 is 0 Å². The molecule has 1 aliphatic heterocycles. The van der Waals surface area contributed by atoms with Gasteiger partial charge in [-0.2, -0.15) is 0 Å². The summed E-state index contributed by atoms with van der Waals surface area (Å²) in [4.78, 5) is 29.6. The van der Waals surface area contributed by atoms with Gasteiger partial charge in [-0.05, 0) is 36.9 Å². The van der Waals surface area contributed by atoms with E-state index in [1.165, 1.54) is 0 Å². The normalized spacial score (nSPS) is 21.3. The van der Waals surface area contributed by atoms with Crippen molar-refractivity contribution in [3.05, 3.63) is 36.0 Å². The Labute approximate surface area is 128 Å². The van der Waals surface area contributed by atoms with Crippen molar-refractivity contribution < 1.29 is 9.59 Å². The van der Waals surface area contributed by atoms with Crippen LogP contribution >= 0.6 is 0 Å². The maximum atomic E-state index is 12.8. The summed E-state index contributed by atoms with van der Waals surface area (Å²) in [5.74, 6) is -0.287. The van der Waals surface area contributed by atoms with E-state index in [4.69, 9.17) is 5.73 Å². The zero-order valence-corrected chi connectivity index (χ0v) is 12.5. The lowest BCUT2D eigenvalue weighted by molar-refractivity contribution is -0.124. The fraction of sp³-hybridized carbons (Fsp3) is 0.375. The molecule has 0 spiro atoms. The third kappa shape index (κ3) is 2.57. The predicted molar refractivity (Wildman–Crippen MR) is 84.4 cm³/mol. The molecule has 0 bridgehead atoms. The highest BCUT2D eigenvalue weighted by Gasteiger charge is 2.38. The monoisotopic (exact) mass is 300 g/mol. The molecule has 0 radical (unpaired) electrons. The van der Waals surface area contributed by atoms with Crippen LogP contribution in [-0.2, 0) is 4.79 Å². The van der Waals surface area contributed by atoms with Crippen molar-refractivity contribution in [1.29, 1.82) is 0 Å². The van der Waals surface area contributed by atoms with Gasteiger partial charge in [-0.3, -0.25) is 9.59 Å². The molecule has 3 rings (SSSR count). The largest absolute Gasteiger partial charge is 0.361 e. The molecule has 0 aliphatic carbocycles. The summed E-state index contributed by atoms with van der Waals surface area (Å²) in [5, 5.41) is 3.83. The molecule has 1 fully saturated rings. The van der Waals surface area contributed by atoms with Crippen LogP contribution in [0.15, 0.2) is 30.5 Å². The fourth-order valence-electron chi connectivity index (χ4n) is 2.98. The number of nitrogens with zero attached hydrogens (tertiary/aromatic N) is 1. The number of aromatic nitrogens is 1. The molecule has 6 nitrogen and oxygen atoms in total. The van der Waals surface area contributed by atoms with Crippen LogP contribution in [-0.4, -0.2) is 46.9 Å². The highest BCUT2D eigenvalue weighted by molar-refractivity contribution is 6.00. The van der Waals surface area contributed by atoms with Crippen LogP contribution in [0.25, 0.3) is 10.9 Å². The maximum Gasteiger partial charge on any atom is 0.254 e. The number of hydrogen-bond acceptors (Lipinski definition) is 3. The Morgan fingerprint density at radius 2 is 2.23 bits per heavy atom. The first-order chi connectivity index (χ1) is 10.6. The van der Waals surface area contributed by atoms with Gasteiger partial charge in [-0.1, -0.05) is 6.07 Å². The molecule has 0 unspecified atom stereocenters. The van der Waals surface area contributed by atoms with Gasteiger partial charge in [0.15, 0.2) is 0 Å². The van der Waals surface area contributed by atoms with Gasteiger partial charge in [-0.15, -0.1) is 0 Å². The van der Waals surface area contributed by atoms with Gasteiger partial charge >= 0.3 is 0 Å². The lowest BCUT2D eigenvalue weighted by Crippen LogP contribution is -2.45. The molecule has 2 atom stereocenters. The highest BCUT2D eigenvalue weighted by atomic mass is 16.2. The van der Waals surface area contributed by atoms with Crippen LogP contribution in [0.2, 0.25) is 0 Å². The zero-order chi connectivity index (χ0) is 15.7. The Morgan fingerprint density at radius 3 is 3.00 bits per heavy atom. The molecular weight excluding hydrogens is 280 g/mol. The molecule has 116 valence electrons. The van der Waals surface area contributed by atoms with Gasteiger partial charge in [0.25, 0.3) is 5.91 Å². The minimum Gasteiger partial charge on any atom is -0.361 e. The number of amides is 2. The molecule has 1 saturated heterocycles. The topological polar surface area (TPSA) is 91.2 Å². The van der Waals surface area contributed by atoms with Crippen LogP contribution in [0.4, 0.5) is 0 Å². The van der Waals surface area contributed by atoms with E-state index in [2.05, 4.69) is 10.3 Å². The van der Waals surface area contributed by atoms with Crippen molar-refractivity contribution in [3.8, 4) is 0 Å². The molecule has 22 heavy (non-hydrogen) atoms. The van der Waals surface area contributed by atoms with Crippen LogP contribution in [0.5, 0.6) is 0 Å². The van der Waals surface area contributed by atoms with E-state index in [-0.39, 0.29) is 17.9 Å². The average Bonchev–Trinajstić information content (AvgIpc) is 3.12. The second kappa shape index (κ2) is 5.81. The minimum atomic E-state index is -0.484. The van der Waals surface area contributed by atoms with Crippen molar-refractivity contribution in [2.75, 3.05) is 13.1 Å². The van der Waals surface area contributed by atoms with Gasteiger partial charge < -0.3 is 20.9 Å². The van der Waals surface area contributed by atoms with Crippen LogP contribution in [0, 0.1) is 0 Å². The van der Waals surface area contributed by atoms with Crippen molar-refractivity contribution in [3.63, 3.8) is 0 Å². The number of likely N-dealkylation sites (N-methyl/N-ethyl adjacent to an activating group) is 1. The van der Waals surface area contributed by atoms with Crippen LogP contribution < -0.4 is 11.1 Å². The van der Waals surface area contributed by atoms with E-state index in [9.17, 15) is 9.59 Å². The summed E-state index contributed by atoms with van der Waals surface area (Å²) in [7, 11) is 0. The smallest absolute Gasteiger partial charge is 0.254 e. The predicted octanol–water partition coefficient (Wildman–Crippen LogP) is 0.846. The third-order valence-corrected chi connectivity index (χ3v) is 4.05. The fourth-order valence-corrected chi connectivity index (χ4v) is 2.98. The summed E-state index contributed by atoms with van der Waals surface area (Å²) < 4.78 is 0. The van der Waals surface area contributed by atoms with Gasteiger partial charge in [0.05, 0.1) is 0 Å². The molecule has 4 N–H and O–H groups in total. The van der Waals surface area contributed by atoms with E-state index in [0.717, 1.165) is 10.9 Å².